The van der Waals surface area contributed by atoms with E-state index in [-0.39, 0.29) is 0 Å². The van der Waals surface area contributed by atoms with Gasteiger partial charge in [0.2, 0.25) is 4.77 Å². The van der Waals surface area contributed by atoms with Gasteiger partial charge in [0.1, 0.15) is 0 Å². The first-order valence-electron chi connectivity index (χ1n) is 8.34. The van der Waals surface area contributed by atoms with Gasteiger partial charge in [-0.15, -0.1) is 0 Å². The number of nitrogens with zero attached hydrogens (tertiary/aromatic N) is 3. The van der Waals surface area contributed by atoms with E-state index in [9.17, 15) is 0 Å². The van der Waals surface area contributed by atoms with Crippen molar-refractivity contribution in [2.24, 2.45) is 5.10 Å². The molecule has 27 heavy (non-hydrogen) atoms. The van der Waals surface area contributed by atoms with Crippen LogP contribution < -0.4 is 0 Å². The van der Waals surface area contributed by atoms with Crippen molar-refractivity contribution in [3.05, 3.63) is 94.2 Å². The second-order valence-electron chi connectivity index (χ2n) is 5.88. The molecule has 0 bridgehead atoms. The molecule has 132 valence electrons. The molecule has 0 amide bonds. The van der Waals surface area contributed by atoms with Crippen LogP contribution in [0, 0.1) is 4.77 Å². The van der Waals surface area contributed by atoms with Crippen molar-refractivity contribution in [3.8, 4) is 22.5 Å². The fraction of sp³-hybridized carbons (Fsp3) is 0. The minimum absolute atomic E-state index is 0.405. The summed E-state index contributed by atoms with van der Waals surface area (Å²) in [5.74, 6) is 0.572. The van der Waals surface area contributed by atoms with Gasteiger partial charge in [0.05, 0.1) is 11.2 Å². The molecule has 4 rings (SSSR count). The van der Waals surface area contributed by atoms with Crippen LogP contribution in [0.25, 0.3) is 22.5 Å². The minimum Gasteiger partial charge on any atom is -0.250 e. The summed E-state index contributed by atoms with van der Waals surface area (Å²) in [5, 5.41) is 12.1. The van der Waals surface area contributed by atoms with Crippen LogP contribution in [-0.4, -0.2) is 21.1 Å². The third-order valence-electron chi connectivity index (χ3n) is 4.11. The maximum atomic E-state index is 6.28. The van der Waals surface area contributed by atoms with E-state index in [0.717, 1.165) is 16.7 Å². The van der Waals surface area contributed by atoms with Gasteiger partial charge in [-0.05, 0) is 41.0 Å². The average molecular weight is 391 g/mol. The largest absolute Gasteiger partial charge is 0.250 e. The average Bonchev–Trinajstić information content (AvgIpc) is 3.08. The van der Waals surface area contributed by atoms with Crippen LogP contribution in [0.2, 0.25) is 5.02 Å². The molecule has 4 nitrogen and oxygen atoms in total. The van der Waals surface area contributed by atoms with Gasteiger partial charge in [0.15, 0.2) is 5.82 Å². The van der Waals surface area contributed by atoms with Crippen molar-refractivity contribution in [1.29, 1.82) is 0 Å². The summed E-state index contributed by atoms with van der Waals surface area (Å²) in [4.78, 5) is 0. The lowest BCUT2D eigenvalue weighted by Gasteiger charge is -2.04. The van der Waals surface area contributed by atoms with E-state index < -0.39 is 0 Å². The number of hydrogen-bond acceptors (Lipinski definition) is 3. The summed E-state index contributed by atoms with van der Waals surface area (Å²) < 4.78 is 1.98. The first-order valence-corrected chi connectivity index (χ1v) is 9.13. The van der Waals surface area contributed by atoms with Crippen molar-refractivity contribution in [1.82, 2.24) is 14.9 Å². The molecule has 4 aromatic rings. The van der Waals surface area contributed by atoms with E-state index in [0.29, 0.717) is 15.6 Å². The zero-order valence-corrected chi connectivity index (χ0v) is 15.8. The predicted octanol–water partition coefficient (Wildman–Crippen LogP) is 5.81. The number of H-pyrrole nitrogens is 1. The third kappa shape index (κ3) is 3.74. The number of halogens is 1. The number of hydrogen-bond donors (Lipinski definition) is 1. The van der Waals surface area contributed by atoms with Crippen LogP contribution in [0.15, 0.2) is 84.0 Å². The second kappa shape index (κ2) is 7.70. The van der Waals surface area contributed by atoms with Crippen LogP contribution in [0.3, 0.4) is 0 Å². The van der Waals surface area contributed by atoms with Crippen molar-refractivity contribution in [2.45, 2.75) is 0 Å². The highest BCUT2D eigenvalue weighted by molar-refractivity contribution is 7.71. The Kier molecular flexibility index (Phi) is 4.96. The molecule has 0 radical (unpaired) electrons. The molecule has 0 aliphatic carbocycles. The highest BCUT2D eigenvalue weighted by Gasteiger charge is 2.11. The molecule has 3 aromatic carbocycles. The number of rotatable bonds is 4. The molecule has 0 saturated heterocycles. The molecule has 0 unspecified atom stereocenters. The van der Waals surface area contributed by atoms with E-state index >= 15 is 0 Å². The Balaban J connectivity index is 1.64. The van der Waals surface area contributed by atoms with Gasteiger partial charge in [-0.2, -0.15) is 14.9 Å². The van der Waals surface area contributed by atoms with Gasteiger partial charge < -0.3 is 0 Å². The van der Waals surface area contributed by atoms with Crippen molar-refractivity contribution < 1.29 is 0 Å². The molecular formula is C21H15ClN4S. The first kappa shape index (κ1) is 17.4. The lowest BCUT2D eigenvalue weighted by Crippen LogP contribution is -1.95. The molecule has 0 spiro atoms. The molecule has 1 N–H and O–H groups in total. The smallest absolute Gasteiger partial charge is 0.216 e. The molecule has 0 fully saturated rings. The van der Waals surface area contributed by atoms with Gasteiger partial charge in [0.25, 0.3) is 0 Å². The first-order chi connectivity index (χ1) is 13.2. The van der Waals surface area contributed by atoms with Gasteiger partial charge in [-0.3, -0.25) is 0 Å². The van der Waals surface area contributed by atoms with Gasteiger partial charge in [-0.25, -0.2) is 5.10 Å². The highest BCUT2D eigenvalue weighted by atomic mass is 35.5. The van der Waals surface area contributed by atoms with Gasteiger partial charge >= 0.3 is 0 Å². The normalized spacial score (nSPS) is 11.1. The van der Waals surface area contributed by atoms with Crippen LogP contribution >= 0.6 is 23.8 Å². The number of aromatic amines is 1. The van der Waals surface area contributed by atoms with Crippen molar-refractivity contribution in [3.63, 3.8) is 0 Å². The summed E-state index contributed by atoms with van der Waals surface area (Å²) in [7, 11) is 0. The Morgan fingerprint density at radius 1 is 0.889 bits per heavy atom. The van der Waals surface area contributed by atoms with E-state index in [1.807, 2.05) is 54.6 Å². The zero-order valence-electron chi connectivity index (χ0n) is 14.2. The maximum absolute atomic E-state index is 6.28. The van der Waals surface area contributed by atoms with E-state index in [4.69, 9.17) is 23.8 Å². The summed E-state index contributed by atoms with van der Waals surface area (Å²) >= 11 is 11.6. The standard InChI is InChI=1S/C21H15ClN4S/c22-19-9-5-4-8-18(19)20-24-25-21(27)26(20)23-14-15-10-12-17(13-11-15)16-6-2-1-3-7-16/h1-14H,(H,25,27)/b23-14-. The molecule has 1 heterocycles. The van der Waals surface area contributed by atoms with Crippen molar-refractivity contribution >= 4 is 30.0 Å². The molecule has 0 atom stereocenters. The molecule has 1 aromatic heterocycles. The molecular weight excluding hydrogens is 376 g/mol. The molecule has 0 aliphatic heterocycles. The minimum atomic E-state index is 0.405. The van der Waals surface area contributed by atoms with Gasteiger partial charge in [0, 0.05) is 5.56 Å². The van der Waals surface area contributed by atoms with Crippen LogP contribution in [0.4, 0.5) is 0 Å². The van der Waals surface area contributed by atoms with E-state index in [1.54, 1.807) is 10.9 Å². The van der Waals surface area contributed by atoms with E-state index in [1.165, 1.54) is 5.56 Å². The summed E-state index contributed by atoms with van der Waals surface area (Å²) in [6.07, 6.45) is 1.75. The fourth-order valence-corrected chi connectivity index (χ4v) is 3.13. The number of benzene rings is 3. The zero-order chi connectivity index (χ0) is 18.6. The number of nitrogens with one attached hydrogen (secondary N) is 1. The fourth-order valence-electron chi connectivity index (χ4n) is 2.73. The lowest BCUT2D eigenvalue weighted by molar-refractivity contribution is 0.871. The van der Waals surface area contributed by atoms with E-state index in [2.05, 4.69) is 39.6 Å². The summed E-state index contributed by atoms with van der Waals surface area (Å²) in [6.45, 7) is 0. The summed E-state index contributed by atoms with van der Waals surface area (Å²) in [6, 6.07) is 25.9. The van der Waals surface area contributed by atoms with Crippen LogP contribution in [0.5, 0.6) is 0 Å². The predicted molar refractivity (Wildman–Crippen MR) is 113 cm³/mol. The molecule has 0 saturated carbocycles. The SMILES string of the molecule is S=c1[nH]nc(-c2ccccc2Cl)n1/N=C\c1ccc(-c2ccccc2)cc1. The Bertz CT molecular complexity index is 1140. The molecule has 6 heteroatoms. The molecule has 0 aliphatic rings. The highest BCUT2D eigenvalue weighted by Crippen LogP contribution is 2.26. The Labute approximate surface area is 166 Å². The Morgan fingerprint density at radius 3 is 2.30 bits per heavy atom. The second-order valence-corrected chi connectivity index (χ2v) is 6.67. The quantitative estimate of drug-likeness (QED) is 0.353. The topological polar surface area (TPSA) is 46.0 Å². The lowest BCUT2D eigenvalue weighted by atomic mass is 10.0. The Hall–Kier alpha value is -3.02. The number of aromatic nitrogens is 3. The van der Waals surface area contributed by atoms with Crippen molar-refractivity contribution in [2.75, 3.05) is 0 Å². The van der Waals surface area contributed by atoms with Gasteiger partial charge in [-0.1, -0.05) is 78.3 Å². The Morgan fingerprint density at radius 2 is 1.56 bits per heavy atom. The maximum Gasteiger partial charge on any atom is 0.216 e. The third-order valence-corrected chi connectivity index (χ3v) is 4.70. The monoisotopic (exact) mass is 390 g/mol. The van der Waals surface area contributed by atoms with Crippen LogP contribution in [-0.2, 0) is 0 Å². The van der Waals surface area contributed by atoms with Crippen LogP contribution in [0.1, 0.15) is 5.56 Å². The summed E-state index contributed by atoms with van der Waals surface area (Å²) in [5.41, 5.74) is 4.06.